The number of hydrogen-bond acceptors (Lipinski definition) is 3. The largest absolute Gasteiger partial charge is 0.409 e. The van der Waals surface area contributed by atoms with Crippen molar-refractivity contribution in [3.8, 4) is 0 Å². The Morgan fingerprint density at radius 3 is 2.47 bits per heavy atom. The molecule has 0 aromatic carbocycles. The molecular formula is C8H15F3N4O2. The number of oxime groups is 1. The maximum Gasteiger partial charge on any atom is 0.405 e. The average molecular weight is 256 g/mol. The van der Waals surface area contributed by atoms with Gasteiger partial charge in [0.1, 0.15) is 12.4 Å². The average Bonchev–Trinajstić information content (AvgIpc) is 2.24. The van der Waals surface area contributed by atoms with Gasteiger partial charge in [-0.2, -0.15) is 13.2 Å². The summed E-state index contributed by atoms with van der Waals surface area (Å²) in [5, 5.41) is 14.9. The molecule has 0 unspecified atom stereocenters. The van der Waals surface area contributed by atoms with E-state index in [1.807, 2.05) is 0 Å². The Labute approximate surface area is 96.0 Å². The summed E-state index contributed by atoms with van der Waals surface area (Å²) in [6, 6.07) is -0.869. The van der Waals surface area contributed by atoms with Gasteiger partial charge in [0.25, 0.3) is 0 Å². The molecule has 0 aliphatic carbocycles. The van der Waals surface area contributed by atoms with Crippen LogP contribution < -0.4 is 16.4 Å². The van der Waals surface area contributed by atoms with E-state index in [-0.39, 0.29) is 12.4 Å². The first kappa shape index (κ1) is 15.3. The number of nitrogens with zero attached hydrogens (tertiary/aromatic N) is 1. The van der Waals surface area contributed by atoms with Crippen LogP contribution in [0.2, 0.25) is 0 Å². The number of alkyl halides is 3. The van der Waals surface area contributed by atoms with E-state index in [1.54, 1.807) is 5.32 Å². The van der Waals surface area contributed by atoms with Gasteiger partial charge in [0.2, 0.25) is 0 Å². The van der Waals surface area contributed by atoms with Gasteiger partial charge in [-0.25, -0.2) is 4.79 Å². The quantitative estimate of drug-likeness (QED) is 0.186. The fourth-order valence-corrected chi connectivity index (χ4v) is 0.926. The molecule has 0 aliphatic rings. The second-order valence-corrected chi connectivity index (χ2v) is 3.27. The van der Waals surface area contributed by atoms with Gasteiger partial charge < -0.3 is 21.6 Å². The Bertz CT molecular complexity index is 268. The Hall–Kier alpha value is -1.67. The SMILES string of the molecule is NC(CCCCNC(=O)NCC(F)(F)F)=NO. The number of carbonyl (C=O) groups excluding carboxylic acids is 1. The third kappa shape index (κ3) is 10.6. The van der Waals surface area contributed by atoms with E-state index in [1.165, 1.54) is 0 Å². The zero-order valence-electron chi connectivity index (χ0n) is 9.05. The van der Waals surface area contributed by atoms with E-state index >= 15 is 0 Å². The van der Waals surface area contributed by atoms with Crippen molar-refractivity contribution in [3.05, 3.63) is 0 Å². The second-order valence-electron chi connectivity index (χ2n) is 3.27. The Morgan fingerprint density at radius 2 is 1.94 bits per heavy atom. The van der Waals surface area contributed by atoms with E-state index in [4.69, 9.17) is 10.9 Å². The second kappa shape index (κ2) is 7.58. The van der Waals surface area contributed by atoms with Crippen LogP contribution in [0.5, 0.6) is 0 Å². The lowest BCUT2D eigenvalue weighted by atomic mass is 10.2. The van der Waals surface area contributed by atoms with E-state index in [9.17, 15) is 18.0 Å². The first-order valence-electron chi connectivity index (χ1n) is 4.90. The molecule has 0 aliphatic heterocycles. The van der Waals surface area contributed by atoms with Crippen LogP contribution in [-0.4, -0.2) is 36.3 Å². The molecule has 17 heavy (non-hydrogen) atoms. The third-order valence-corrected chi connectivity index (χ3v) is 1.72. The summed E-state index contributed by atoms with van der Waals surface area (Å²) in [6.45, 7) is -1.13. The number of amidine groups is 1. The highest BCUT2D eigenvalue weighted by atomic mass is 19.4. The van der Waals surface area contributed by atoms with Crippen molar-refractivity contribution >= 4 is 11.9 Å². The van der Waals surface area contributed by atoms with Gasteiger partial charge in [0, 0.05) is 13.0 Å². The van der Waals surface area contributed by atoms with Crippen LogP contribution in [0.1, 0.15) is 19.3 Å². The Kier molecular flexibility index (Phi) is 6.83. The van der Waals surface area contributed by atoms with E-state index in [2.05, 4.69) is 10.5 Å². The Morgan fingerprint density at radius 1 is 1.29 bits per heavy atom. The lowest BCUT2D eigenvalue weighted by Crippen LogP contribution is -2.41. The molecule has 0 bridgehead atoms. The van der Waals surface area contributed by atoms with E-state index < -0.39 is 18.8 Å². The summed E-state index contributed by atoms with van der Waals surface area (Å²) < 4.78 is 35.1. The first-order chi connectivity index (χ1) is 7.85. The number of carbonyl (C=O) groups is 1. The van der Waals surface area contributed by atoms with Gasteiger partial charge in [0.05, 0.1) is 0 Å². The monoisotopic (exact) mass is 256 g/mol. The van der Waals surface area contributed by atoms with Crippen LogP contribution in [0, 0.1) is 0 Å². The maximum absolute atomic E-state index is 11.7. The molecule has 0 radical (unpaired) electrons. The normalized spacial score (nSPS) is 12.3. The smallest absolute Gasteiger partial charge is 0.405 e. The standard InChI is InChI=1S/C8H15F3N4O2/c9-8(10,11)5-14-7(16)13-4-2-1-3-6(12)15-17/h17H,1-5H2,(H2,12,15)(H2,13,14,16). The van der Waals surface area contributed by atoms with Crippen molar-refractivity contribution in [3.63, 3.8) is 0 Å². The molecule has 2 amide bonds. The van der Waals surface area contributed by atoms with E-state index in [0.29, 0.717) is 19.3 Å². The minimum atomic E-state index is -4.41. The molecule has 0 rings (SSSR count). The zero-order chi connectivity index (χ0) is 13.3. The van der Waals surface area contributed by atoms with Gasteiger partial charge >= 0.3 is 12.2 Å². The van der Waals surface area contributed by atoms with Crippen LogP contribution in [-0.2, 0) is 0 Å². The molecule has 100 valence electrons. The molecule has 0 spiro atoms. The third-order valence-electron chi connectivity index (χ3n) is 1.72. The predicted octanol–water partition coefficient (Wildman–Crippen LogP) is 0.765. The molecule has 5 N–H and O–H groups in total. The van der Waals surface area contributed by atoms with Crippen molar-refractivity contribution in [2.45, 2.75) is 25.4 Å². The van der Waals surface area contributed by atoms with Crippen molar-refractivity contribution in [2.75, 3.05) is 13.1 Å². The molecule has 0 saturated heterocycles. The zero-order valence-corrected chi connectivity index (χ0v) is 9.05. The molecule has 9 heteroatoms. The van der Waals surface area contributed by atoms with Gasteiger partial charge in [-0.1, -0.05) is 5.16 Å². The molecule has 0 fully saturated rings. The molecule has 6 nitrogen and oxygen atoms in total. The van der Waals surface area contributed by atoms with Crippen LogP contribution in [0.3, 0.4) is 0 Å². The lowest BCUT2D eigenvalue weighted by Gasteiger charge is -2.09. The highest BCUT2D eigenvalue weighted by Crippen LogP contribution is 2.11. The topological polar surface area (TPSA) is 99.7 Å². The molecule has 0 saturated carbocycles. The number of urea groups is 1. The highest BCUT2D eigenvalue weighted by molar-refractivity contribution is 5.79. The molecule has 0 aromatic rings. The number of nitrogens with one attached hydrogen (secondary N) is 2. The van der Waals surface area contributed by atoms with Crippen molar-refractivity contribution in [1.29, 1.82) is 0 Å². The van der Waals surface area contributed by atoms with Crippen LogP contribution >= 0.6 is 0 Å². The molecule has 0 aromatic heterocycles. The van der Waals surface area contributed by atoms with E-state index in [0.717, 1.165) is 0 Å². The van der Waals surface area contributed by atoms with Crippen molar-refractivity contribution in [1.82, 2.24) is 10.6 Å². The summed E-state index contributed by atoms with van der Waals surface area (Å²) in [5.74, 6) is 0.0755. The van der Waals surface area contributed by atoms with Gasteiger partial charge in [-0.15, -0.1) is 0 Å². The summed E-state index contributed by atoms with van der Waals surface area (Å²) >= 11 is 0. The minimum Gasteiger partial charge on any atom is -0.409 e. The number of unbranched alkanes of at least 4 members (excludes halogenated alkanes) is 1. The van der Waals surface area contributed by atoms with Crippen LogP contribution in [0.15, 0.2) is 5.16 Å². The number of halogens is 3. The maximum atomic E-state index is 11.7. The van der Waals surface area contributed by atoms with Crippen molar-refractivity contribution < 1.29 is 23.2 Å². The van der Waals surface area contributed by atoms with Crippen molar-refractivity contribution in [2.24, 2.45) is 10.9 Å². The summed E-state index contributed by atoms with van der Waals surface area (Å²) in [4.78, 5) is 10.8. The fraction of sp³-hybridized carbons (Fsp3) is 0.750. The highest BCUT2D eigenvalue weighted by Gasteiger charge is 2.27. The Balaban J connectivity index is 3.46. The molecule has 0 atom stereocenters. The summed E-state index contributed by atoms with van der Waals surface area (Å²) in [6.07, 6.45) is -2.96. The summed E-state index contributed by atoms with van der Waals surface area (Å²) in [7, 11) is 0. The molecular weight excluding hydrogens is 241 g/mol. The van der Waals surface area contributed by atoms with Crippen LogP contribution in [0.25, 0.3) is 0 Å². The van der Waals surface area contributed by atoms with Gasteiger partial charge in [-0.3, -0.25) is 0 Å². The fourth-order valence-electron chi connectivity index (χ4n) is 0.926. The lowest BCUT2D eigenvalue weighted by molar-refractivity contribution is -0.122. The predicted molar refractivity (Wildman–Crippen MR) is 54.7 cm³/mol. The number of hydrogen-bond donors (Lipinski definition) is 4. The first-order valence-corrected chi connectivity index (χ1v) is 4.90. The van der Waals surface area contributed by atoms with Gasteiger partial charge in [0.15, 0.2) is 0 Å². The van der Waals surface area contributed by atoms with Crippen LogP contribution in [0.4, 0.5) is 18.0 Å². The molecule has 0 heterocycles. The van der Waals surface area contributed by atoms with Gasteiger partial charge in [-0.05, 0) is 12.8 Å². The number of nitrogens with two attached hydrogens (primary N) is 1. The minimum absolute atomic E-state index is 0.0755. The number of rotatable bonds is 6. The summed E-state index contributed by atoms with van der Waals surface area (Å²) in [5.41, 5.74) is 5.19. The number of amides is 2.